The topological polar surface area (TPSA) is 135 Å². The number of aliphatic hydroxyl groups is 1. The van der Waals surface area contributed by atoms with E-state index in [1.807, 2.05) is 45.9 Å². The van der Waals surface area contributed by atoms with Gasteiger partial charge in [-0.3, -0.25) is 9.20 Å². The molecule has 3 heterocycles. The third kappa shape index (κ3) is 4.71. The number of alkyl carbamates (subject to hydrolysis) is 1. The lowest BCUT2D eigenvalue weighted by molar-refractivity contribution is 0.00578. The van der Waals surface area contributed by atoms with Crippen LogP contribution in [-0.2, 0) is 20.7 Å². The van der Waals surface area contributed by atoms with Crippen molar-refractivity contribution in [3.05, 3.63) is 64.2 Å². The van der Waals surface area contributed by atoms with E-state index in [-0.39, 0.29) is 30.9 Å². The van der Waals surface area contributed by atoms with E-state index < -0.39 is 24.4 Å². The Morgan fingerprint density at radius 3 is 2.64 bits per heavy atom. The first-order chi connectivity index (χ1) is 17.1. The molecule has 3 aromatic rings. The highest BCUT2D eigenvalue weighted by Gasteiger charge is 2.52. The normalized spacial score (nSPS) is 16.1. The number of amides is 1. The molecule has 1 aromatic carbocycles. The highest BCUT2D eigenvalue weighted by molar-refractivity contribution is 6.63. The van der Waals surface area contributed by atoms with Crippen LogP contribution in [0.2, 0.25) is 0 Å². The molecular weight excluding hydrogens is 463 g/mol. The molecule has 36 heavy (non-hydrogen) atoms. The van der Waals surface area contributed by atoms with E-state index in [1.165, 1.54) is 10.6 Å². The van der Waals surface area contributed by atoms with Gasteiger partial charge < -0.3 is 24.5 Å². The first-order valence-corrected chi connectivity index (χ1v) is 11.5. The van der Waals surface area contributed by atoms with Gasteiger partial charge in [0.25, 0.3) is 5.56 Å². The molecule has 0 atom stereocenters. The maximum atomic E-state index is 12.9. The summed E-state index contributed by atoms with van der Waals surface area (Å²) < 4.78 is 18.7. The van der Waals surface area contributed by atoms with Gasteiger partial charge in [-0.05, 0) is 51.0 Å². The molecule has 0 unspecified atom stereocenters. The average Bonchev–Trinajstić information content (AvgIpc) is 3.07. The lowest BCUT2D eigenvalue weighted by Gasteiger charge is -2.32. The number of pyridine rings is 1. The van der Waals surface area contributed by atoms with Gasteiger partial charge >= 0.3 is 13.2 Å². The molecule has 4 rings (SSSR count). The van der Waals surface area contributed by atoms with E-state index in [0.29, 0.717) is 27.8 Å². The quantitative estimate of drug-likeness (QED) is 0.499. The van der Waals surface area contributed by atoms with Crippen LogP contribution < -0.4 is 16.3 Å². The summed E-state index contributed by atoms with van der Waals surface area (Å²) >= 11 is 0. The second-order valence-corrected chi connectivity index (χ2v) is 9.43. The van der Waals surface area contributed by atoms with E-state index in [9.17, 15) is 14.9 Å². The molecule has 0 radical (unpaired) electrons. The van der Waals surface area contributed by atoms with Crippen LogP contribution in [0.1, 0.15) is 38.8 Å². The van der Waals surface area contributed by atoms with Crippen molar-refractivity contribution in [3.8, 4) is 17.2 Å². The van der Waals surface area contributed by atoms with Gasteiger partial charge in [0.1, 0.15) is 12.3 Å². The van der Waals surface area contributed by atoms with Gasteiger partial charge in [-0.15, -0.1) is 0 Å². The Bertz CT molecular complexity index is 1400. The lowest BCUT2D eigenvalue weighted by atomic mass is 9.74. The Hall–Kier alpha value is -3.72. The number of benzene rings is 1. The molecule has 11 heteroatoms. The van der Waals surface area contributed by atoms with Gasteiger partial charge in [0.05, 0.1) is 35.0 Å². The monoisotopic (exact) mass is 490 g/mol. The summed E-state index contributed by atoms with van der Waals surface area (Å²) in [7, 11) is -0.692. The van der Waals surface area contributed by atoms with E-state index in [2.05, 4.69) is 16.4 Å². The lowest BCUT2D eigenvalue weighted by Crippen LogP contribution is -2.41. The van der Waals surface area contributed by atoms with Crippen LogP contribution in [-0.4, -0.2) is 52.1 Å². The van der Waals surface area contributed by atoms with E-state index in [4.69, 9.17) is 19.2 Å². The zero-order valence-corrected chi connectivity index (χ0v) is 20.6. The zero-order chi connectivity index (χ0) is 26.1. The second kappa shape index (κ2) is 9.74. The molecule has 0 saturated carbocycles. The number of rotatable bonds is 6. The van der Waals surface area contributed by atoms with Crippen LogP contribution in [0.15, 0.2) is 47.5 Å². The summed E-state index contributed by atoms with van der Waals surface area (Å²) in [4.78, 5) is 28.8. The molecule has 2 aromatic heterocycles. The van der Waals surface area contributed by atoms with Crippen LogP contribution in [0.5, 0.6) is 0 Å². The number of hydrogen-bond donors (Lipinski definition) is 2. The van der Waals surface area contributed by atoms with Crippen LogP contribution in [0, 0.1) is 11.3 Å². The number of aliphatic hydroxyl groups excluding tert-OH is 1. The highest BCUT2D eigenvalue weighted by atomic mass is 16.7. The van der Waals surface area contributed by atoms with Crippen molar-refractivity contribution < 1.29 is 23.9 Å². The van der Waals surface area contributed by atoms with Gasteiger partial charge in [0.2, 0.25) is 0 Å². The molecule has 1 aliphatic rings. The molecule has 0 spiro atoms. The van der Waals surface area contributed by atoms with Crippen LogP contribution >= 0.6 is 0 Å². The predicted octanol–water partition coefficient (Wildman–Crippen LogP) is 1.75. The Morgan fingerprint density at radius 1 is 1.25 bits per heavy atom. The summed E-state index contributed by atoms with van der Waals surface area (Å²) in [6, 6.07) is 11.2. The fourth-order valence-electron chi connectivity index (χ4n) is 3.83. The van der Waals surface area contributed by atoms with Gasteiger partial charge in [-0.25, -0.2) is 9.78 Å². The first kappa shape index (κ1) is 25.4. The van der Waals surface area contributed by atoms with Crippen LogP contribution in [0.4, 0.5) is 4.79 Å². The molecule has 2 N–H and O–H groups in total. The minimum atomic E-state index is -0.741. The Labute approximate surface area is 208 Å². The SMILES string of the molecule is CC1(C)OB(c2cccc(-c3ccn4c(=O)c(COC(=O)NCCO)cnc4c3)c2C#N)OC1(C)C. The number of nitrogens with zero attached hydrogens (tertiary/aromatic N) is 3. The molecule has 0 aliphatic carbocycles. The number of fused-ring (bicyclic) bond motifs is 1. The van der Waals surface area contributed by atoms with Crippen molar-refractivity contribution >= 4 is 24.3 Å². The smallest absolute Gasteiger partial charge is 0.444 e. The third-order valence-electron chi connectivity index (χ3n) is 6.55. The van der Waals surface area contributed by atoms with Crippen molar-refractivity contribution in [2.45, 2.75) is 45.5 Å². The Morgan fingerprint density at radius 2 is 1.97 bits per heavy atom. The van der Waals surface area contributed by atoms with Gasteiger partial charge in [-0.1, -0.05) is 18.2 Å². The second-order valence-electron chi connectivity index (χ2n) is 9.43. The van der Waals surface area contributed by atoms with Gasteiger partial charge in [0, 0.05) is 24.4 Å². The summed E-state index contributed by atoms with van der Waals surface area (Å²) in [6.45, 7) is 7.39. The number of nitriles is 1. The number of aromatic nitrogens is 2. The number of hydrogen-bond acceptors (Lipinski definition) is 8. The molecular formula is C25H27BN4O6. The minimum absolute atomic E-state index is 0.0525. The molecule has 10 nitrogen and oxygen atoms in total. The zero-order valence-electron chi connectivity index (χ0n) is 20.6. The van der Waals surface area contributed by atoms with Crippen molar-refractivity contribution in [2.75, 3.05) is 13.2 Å². The largest absolute Gasteiger partial charge is 0.496 e. The molecule has 1 amide bonds. The molecule has 186 valence electrons. The van der Waals surface area contributed by atoms with Gasteiger partial charge in [0.15, 0.2) is 0 Å². The van der Waals surface area contributed by atoms with E-state index in [1.54, 1.807) is 18.3 Å². The van der Waals surface area contributed by atoms with E-state index in [0.717, 1.165) is 0 Å². The van der Waals surface area contributed by atoms with Gasteiger partial charge in [-0.2, -0.15) is 5.26 Å². The summed E-state index contributed by atoms with van der Waals surface area (Å²) in [6.07, 6.45) is 2.18. The number of nitrogens with one attached hydrogen (secondary N) is 1. The maximum absolute atomic E-state index is 12.9. The van der Waals surface area contributed by atoms with Crippen LogP contribution in [0.3, 0.4) is 0 Å². The number of ether oxygens (including phenoxy) is 1. The van der Waals surface area contributed by atoms with E-state index >= 15 is 0 Å². The number of carbonyl (C=O) groups excluding carboxylic acids is 1. The van der Waals surface area contributed by atoms with Crippen molar-refractivity contribution in [3.63, 3.8) is 0 Å². The third-order valence-corrected chi connectivity index (χ3v) is 6.55. The fraction of sp³-hybridized carbons (Fsp3) is 0.360. The maximum Gasteiger partial charge on any atom is 0.496 e. The van der Waals surface area contributed by atoms with Crippen molar-refractivity contribution in [1.82, 2.24) is 14.7 Å². The Kier molecular flexibility index (Phi) is 6.86. The summed E-state index contributed by atoms with van der Waals surface area (Å²) in [5, 5.41) is 21.1. The van der Waals surface area contributed by atoms with Crippen molar-refractivity contribution in [1.29, 1.82) is 5.26 Å². The molecule has 1 fully saturated rings. The summed E-state index contributed by atoms with van der Waals surface area (Å²) in [5.74, 6) is 0. The summed E-state index contributed by atoms with van der Waals surface area (Å²) in [5.41, 5.74) is 1.50. The first-order valence-electron chi connectivity index (χ1n) is 11.5. The fourth-order valence-corrected chi connectivity index (χ4v) is 3.83. The molecule has 1 aliphatic heterocycles. The average molecular weight is 490 g/mol. The Balaban J connectivity index is 1.65. The highest BCUT2D eigenvalue weighted by Crippen LogP contribution is 2.37. The predicted molar refractivity (Wildman–Crippen MR) is 133 cm³/mol. The molecule has 1 saturated heterocycles. The number of carbonyl (C=O) groups is 1. The standard InChI is InChI=1S/C25H27BN4O6/c1-24(2)25(3,4)36-26(35-24)20-7-5-6-18(19(20)13-27)16-8-10-30-21(12-16)29-14-17(22(30)32)15-34-23(33)28-9-11-31/h5-8,10,12,14,31H,9,11,15H2,1-4H3,(H,28,33). The minimum Gasteiger partial charge on any atom is -0.444 e. The van der Waals surface area contributed by atoms with Crippen molar-refractivity contribution in [2.24, 2.45) is 0 Å². The van der Waals surface area contributed by atoms with Crippen LogP contribution in [0.25, 0.3) is 16.8 Å². The molecule has 0 bridgehead atoms.